The molecule has 1 heterocycles. The van der Waals surface area contributed by atoms with Crippen LogP contribution in [0.2, 0.25) is 0 Å². The van der Waals surface area contributed by atoms with Gasteiger partial charge in [0.05, 0.1) is 30.2 Å². The zero-order valence-electron chi connectivity index (χ0n) is 10.9. The van der Waals surface area contributed by atoms with Crippen LogP contribution in [-0.4, -0.2) is 18.3 Å². The molecule has 0 saturated heterocycles. The summed E-state index contributed by atoms with van der Waals surface area (Å²) in [6.07, 6.45) is 0. The van der Waals surface area contributed by atoms with E-state index < -0.39 is 0 Å². The molecular weight excluding hydrogens is 320 g/mol. The van der Waals surface area contributed by atoms with Gasteiger partial charge in [-0.05, 0) is 39.7 Å². The van der Waals surface area contributed by atoms with Crippen LogP contribution in [0.25, 0.3) is 0 Å². The van der Waals surface area contributed by atoms with Gasteiger partial charge < -0.3 is 14.6 Å². The molecule has 2 aromatic rings. The maximum absolute atomic E-state index is 9.09. The molecule has 2 aromatic carbocycles. The van der Waals surface area contributed by atoms with Gasteiger partial charge in [-0.2, -0.15) is 0 Å². The SMILES string of the molecule is OCc1ccc(OCC2COc3ccccc32)c(Br)c1. The van der Waals surface area contributed by atoms with Gasteiger partial charge in [-0.1, -0.05) is 24.3 Å². The number of aliphatic hydroxyl groups excluding tert-OH is 1. The predicted molar refractivity (Wildman–Crippen MR) is 80.2 cm³/mol. The maximum Gasteiger partial charge on any atom is 0.133 e. The van der Waals surface area contributed by atoms with Crippen molar-refractivity contribution in [2.24, 2.45) is 0 Å². The molecule has 3 nitrogen and oxygen atoms in total. The molecule has 0 aliphatic carbocycles. The molecule has 0 fully saturated rings. The van der Waals surface area contributed by atoms with Crippen molar-refractivity contribution >= 4 is 15.9 Å². The second-order valence-electron chi connectivity index (χ2n) is 4.78. The number of ether oxygens (including phenoxy) is 2. The number of hydrogen-bond acceptors (Lipinski definition) is 3. The Morgan fingerprint density at radius 2 is 2.10 bits per heavy atom. The van der Waals surface area contributed by atoms with Gasteiger partial charge in [-0.3, -0.25) is 0 Å². The van der Waals surface area contributed by atoms with Crippen LogP contribution < -0.4 is 9.47 Å². The number of hydrogen-bond donors (Lipinski definition) is 1. The standard InChI is InChI=1S/C16H15BrO3/c17-14-7-11(8-18)5-6-16(14)20-10-12-9-19-15-4-2-1-3-13(12)15/h1-7,12,18H,8-10H2. The minimum Gasteiger partial charge on any atom is -0.493 e. The van der Waals surface area contributed by atoms with E-state index in [9.17, 15) is 0 Å². The van der Waals surface area contributed by atoms with Crippen molar-refractivity contribution in [1.29, 1.82) is 0 Å². The minimum atomic E-state index is 0.0305. The summed E-state index contributed by atoms with van der Waals surface area (Å²) in [5.41, 5.74) is 2.06. The summed E-state index contributed by atoms with van der Waals surface area (Å²) < 4.78 is 12.4. The minimum absolute atomic E-state index is 0.0305. The molecular formula is C16H15BrO3. The lowest BCUT2D eigenvalue weighted by atomic mass is 10.0. The molecule has 0 amide bonds. The fourth-order valence-corrected chi connectivity index (χ4v) is 2.86. The van der Waals surface area contributed by atoms with E-state index in [0.29, 0.717) is 13.2 Å². The number of halogens is 1. The van der Waals surface area contributed by atoms with E-state index in [2.05, 4.69) is 22.0 Å². The fourth-order valence-electron chi connectivity index (χ4n) is 2.32. The highest BCUT2D eigenvalue weighted by molar-refractivity contribution is 9.10. The molecule has 20 heavy (non-hydrogen) atoms. The molecule has 0 bridgehead atoms. The summed E-state index contributed by atoms with van der Waals surface area (Å²) in [7, 11) is 0. The van der Waals surface area contributed by atoms with Crippen molar-refractivity contribution < 1.29 is 14.6 Å². The van der Waals surface area contributed by atoms with Gasteiger partial charge in [-0.15, -0.1) is 0 Å². The molecule has 1 atom stereocenters. The summed E-state index contributed by atoms with van der Waals surface area (Å²) in [4.78, 5) is 0. The van der Waals surface area contributed by atoms with Gasteiger partial charge in [-0.25, -0.2) is 0 Å². The summed E-state index contributed by atoms with van der Waals surface area (Å²) in [6, 6.07) is 13.7. The smallest absolute Gasteiger partial charge is 0.133 e. The quantitative estimate of drug-likeness (QED) is 0.930. The van der Waals surface area contributed by atoms with Crippen LogP contribution in [-0.2, 0) is 6.61 Å². The highest BCUT2D eigenvalue weighted by atomic mass is 79.9. The van der Waals surface area contributed by atoms with Crippen molar-refractivity contribution in [2.75, 3.05) is 13.2 Å². The summed E-state index contributed by atoms with van der Waals surface area (Å²) in [5, 5.41) is 9.09. The molecule has 1 N–H and O–H groups in total. The van der Waals surface area contributed by atoms with E-state index in [-0.39, 0.29) is 12.5 Å². The Morgan fingerprint density at radius 3 is 2.90 bits per heavy atom. The number of aliphatic hydroxyl groups is 1. The Morgan fingerprint density at radius 1 is 1.25 bits per heavy atom. The number of para-hydroxylation sites is 1. The van der Waals surface area contributed by atoms with E-state index in [0.717, 1.165) is 21.5 Å². The Bertz CT molecular complexity index is 612. The molecule has 3 rings (SSSR count). The molecule has 1 unspecified atom stereocenters. The van der Waals surface area contributed by atoms with Crippen LogP contribution in [0.1, 0.15) is 17.0 Å². The first-order valence-electron chi connectivity index (χ1n) is 6.51. The zero-order chi connectivity index (χ0) is 13.9. The van der Waals surface area contributed by atoms with E-state index in [1.807, 2.05) is 36.4 Å². The van der Waals surface area contributed by atoms with Crippen molar-refractivity contribution in [3.05, 3.63) is 58.1 Å². The lowest BCUT2D eigenvalue weighted by Gasteiger charge is -2.13. The second kappa shape index (κ2) is 5.85. The number of benzene rings is 2. The number of fused-ring (bicyclic) bond motifs is 1. The third-order valence-electron chi connectivity index (χ3n) is 3.42. The molecule has 0 spiro atoms. The first-order valence-corrected chi connectivity index (χ1v) is 7.31. The van der Waals surface area contributed by atoms with Crippen LogP contribution in [0.5, 0.6) is 11.5 Å². The molecule has 1 aliphatic heterocycles. The first-order chi connectivity index (χ1) is 9.78. The average Bonchev–Trinajstić information content (AvgIpc) is 2.89. The summed E-state index contributed by atoms with van der Waals surface area (Å²) in [6.45, 7) is 1.27. The summed E-state index contributed by atoms with van der Waals surface area (Å²) >= 11 is 3.46. The van der Waals surface area contributed by atoms with Gasteiger partial charge in [0.2, 0.25) is 0 Å². The molecule has 1 aliphatic rings. The molecule has 0 radical (unpaired) electrons. The van der Waals surface area contributed by atoms with E-state index in [1.165, 1.54) is 5.56 Å². The lowest BCUT2D eigenvalue weighted by molar-refractivity contribution is 0.247. The van der Waals surface area contributed by atoms with Crippen molar-refractivity contribution in [3.8, 4) is 11.5 Å². The summed E-state index contributed by atoms with van der Waals surface area (Å²) in [5.74, 6) is 2.00. The van der Waals surface area contributed by atoms with Crippen LogP contribution in [0, 0.1) is 0 Å². The highest BCUT2D eigenvalue weighted by Gasteiger charge is 2.24. The van der Waals surface area contributed by atoms with Crippen LogP contribution >= 0.6 is 15.9 Å². The normalized spacial score (nSPS) is 16.6. The van der Waals surface area contributed by atoms with E-state index in [1.54, 1.807) is 0 Å². The zero-order valence-corrected chi connectivity index (χ0v) is 12.5. The monoisotopic (exact) mass is 334 g/mol. The van der Waals surface area contributed by atoms with E-state index >= 15 is 0 Å². The lowest BCUT2D eigenvalue weighted by Crippen LogP contribution is -2.11. The average molecular weight is 335 g/mol. The van der Waals surface area contributed by atoms with Gasteiger partial charge in [0.15, 0.2) is 0 Å². The Labute approximate surface area is 126 Å². The van der Waals surface area contributed by atoms with Crippen molar-refractivity contribution in [2.45, 2.75) is 12.5 Å². The van der Waals surface area contributed by atoms with E-state index in [4.69, 9.17) is 14.6 Å². The molecule has 0 saturated carbocycles. The van der Waals surface area contributed by atoms with Gasteiger partial charge in [0.1, 0.15) is 11.5 Å². The van der Waals surface area contributed by atoms with Gasteiger partial charge >= 0.3 is 0 Å². The second-order valence-corrected chi connectivity index (χ2v) is 5.63. The highest BCUT2D eigenvalue weighted by Crippen LogP contribution is 2.34. The van der Waals surface area contributed by atoms with Crippen LogP contribution in [0.3, 0.4) is 0 Å². The third kappa shape index (κ3) is 2.67. The van der Waals surface area contributed by atoms with Crippen LogP contribution in [0.4, 0.5) is 0 Å². The third-order valence-corrected chi connectivity index (χ3v) is 4.04. The first kappa shape index (κ1) is 13.5. The van der Waals surface area contributed by atoms with Gasteiger partial charge in [0.25, 0.3) is 0 Å². The Balaban J connectivity index is 1.69. The van der Waals surface area contributed by atoms with Crippen LogP contribution in [0.15, 0.2) is 46.9 Å². The molecule has 0 aromatic heterocycles. The van der Waals surface area contributed by atoms with Crippen molar-refractivity contribution in [3.63, 3.8) is 0 Å². The van der Waals surface area contributed by atoms with Gasteiger partial charge in [0, 0.05) is 5.56 Å². The largest absolute Gasteiger partial charge is 0.493 e. The Hall–Kier alpha value is -1.52. The predicted octanol–water partition coefficient (Wildman–Crippen LogP) is 3.50. The Kier molecular flexibility index (Phi) is 3.94. The van der Waals surface area contributed by atoms with Crippen molar-refractivity contribution in [1.82, 2.24) is 0 Å². The topological polar surface area (TPSA) is 38.7 Å². The molecule has 104 valence electrons. The number of rotatable bonds is 4. The molecule has 4 heteroatoms. The maximum atomic E-state index is 9.09. The fraction of sp³-hybridized carbons (Fsp3) is 0.250.